The average molecular weight is 577 g/mol. The number of tetrazole rings is 1. The molecule has 0 aliphatic heterocycles. The standard InChI is InChI=1S/C30H40N6O4Si/c1-7-10-25-31-27(30(2,3)39)26(29(37)38)35(25)19-21-13-15-22(16-14-21)23-11-8-9-12-24(23)28-32-33-34-36(28)20-40-17-18-41(4,5)6/h8-9,11-16,39H,7,10,17-20H2,1-6H3,(H,37,38). The molecule has 0 saturated carbocycles. The first-order valence-electron chi connectivity index (χ1n) is 14.0. The van der Waals surface area contributed by atoms with E-state index in [0.29, 0.717) is 31.2 Å². The number of ether oxygens (including phenoxy) is 1. The molecule has 4 rings (SSSR count). The van der Waals surface area contributed by atoms with E-state index >= 15 is 0 Å². The number of hydrogen-bond acceptors (Lipinski definition) is 7. The fraction of sp³-hybridized carbons (Fsp3) is 0.433. The molecule has 0 aliphatic carbocycles. The number of aryl methyl sites for hydroxylation is 1. The zero-order chi connectivity index (χ0) is 29.8. The Kier molecular flexibility index (Phi) is 9.20. The molecular weight excluding hydrogens is 536 g/mol. The Hall–Kier alpha value is -3.67. The minimum atomic E-state index is -1.37. The van der Waals surface area contributed by atoms with Crippen LogP contribution in [0, 0.1) is 0 Å². The third kappa shape index (κ3) is 7.35. The molecule has 0 fully saturated rings. The van der Waals surface area contributed by atoms with Gasteiger partial charge in [-0.05, 0) is 53.4 Å². The van der Waals surface area contributed by atoms with Gasteiger partial charge in [0.2, 0.25) is 0 Å². The van der Waals surface area contributed by atoms with Crippen molar-refractivity contribution in [3.63, 3.8) is 0 Å². The van der Waals surface area contributed by atoms with Crippen LogP contribution in [-0.4, -0.2) is 60.6 Å². The maximum atomic E-state index is 12.2. The molecule has 0 radical (unpaired) electrons. The Labute approximate surface area is 242 Å². The maximum Gasteiger partial charge on any atom is 0.354 e. The molecule has 0 atom stereocenters. The Morgan fingerprint density at radius 2 is 1.73 bits per heavy atom. The predicted octanol–water partition coefficient (Wildman–Crippen LogP) is 5.44. The van der Waals surface area contributed by atoms with Crippen LogP contribution in [0.2, 0.25) is 25.7 Å². The Balaban J connectivity index is 1.60. The van der Waals surface area contributed by atoms with E-state index in [2.05, 4.69) is 40.2 Å². The van der Waals surface area contributed by atoms with Gasteiger partial charge in [-0.1, -0.05) is 75.1 Å². The number of hydrogen-bond donors (Lipinski definition) is 2. The molecule has 218 valence electrons. The first-order valence-corrected chi connectivity index (χ1v) is 17.7. The highest BCUT2D eigenvalue weighted by atomic mass is 28.3. The smallest absolute Gasteiger partial charge is 0.354 e. The van der Waals surface area contributed by atoms with E-state index in [1.54, 1.807) is 23.1 Å². The topological polar surface area (TPSA) is 128 Å². The summed E-state index contributed by atoms with van der Waals surface area (Å²) in [5.74, 6) is 0.172. The predicted molar refractivity (Wildman–Crippen MR) is 160 cm³/mol. The van der Waals surface area contributed by atoms with Crippen molar-refractivity contribution < 1.29 is 19.7 Å². The molecule has 2 heterocycles. The summed E-state index contributed by atoms with van der Waals surface area (Å²) in [7, 11) is -1.19. The van der Waals surface area contributed by atoms with Crippen LogP contribution in [0.5, 0.6) is 0 Å². The van der Waals surface area contributed by atoms with Crippen LogP contribution in [-0.2, 0) is 30.0 Å². The van der Waals surface area contributed by atoms with Gasteiger partial charge in [0.05, 0.1) is 0 Å². The van der Waals surface area contributed by atoms with E-state index in [0.717, 1.165) is 34.7 Å². The quantitative estimate of drug-likeness (QED) is 0.159. The summed E-state index contributed by atoms with van der Waals surface area (Å²) in [5.41, 5.74) is 2.60. The van der Waals surface area contributed by atoms with Crippen molar-refractivity contribution in [2.75, 3.05) is 6.61 Å². The first-order chi connectivity index (χ1) is 19.4. The number of rotatable bonds is 13. The molecule has 2 aromatic heterocycles. The molecule has 2 N–H and O–H groups in total. The summed E-state index contributed by atoms with van der Waals surface area (Å²) >= 11 is 0. The second-order valence-electron chi connectivity index (χ2n) is 12.0. The second kappa shape index (κ2) is 12.5. The summed E-state index contributed by atoms with van der Waals surface area (Å²) in [6.07, 6.45) is 1.41. The van der Waals surface area contributed by atoms with E-state index in [9.17, 15) is 15.0 Å². The largest absolute Gasteiger partial charge is 0.477 e. The molecule has 41 heavy (non-hydrogen) atoms. The minimum Gasteiger partial charge on any atom is -0.477 e. The highest BCUT2D eigenvalue weighted by molar-refractivity contribution is 6.76. The number of aliphatic hydroxyl groups is 1. The number of aromatic nitrogens is 6. The van der Waals surface area contributed by atoms with Gasteiger partial charge in [0.15, 0.2) is 11.5 Å². The summed E-state index contributed by atoms with van der Waals surface area (Å²) in [6, 6.07) is 17.0. The molecule has 2 aromatic carbocycles. The molecular formula is C30H40N6O4Si. The molecule has 0 aliphatic rings. The van der Waals surface area contributed by atoms with Gasteiger partial charge in [0.1, 0.15) is 23.9 Å². The van der Waals surface area contributed by atoms with E-state index in [1.165, 1.54) is 0 Å². The third-order valence-electron chi connectivity index (χ3n) is 6.82. The number of nitrogens with zero attached hydrogens (tertiary/aromatic N) is 6. The van der Waals surface area contributed by atoms with E-state index in [-0.39, 0.29) is 18.1 Å². The number of benzene rings is 2. The van der Waals surface area contributed by atoms with E-state index in [1.807, 2.05) is 55.5 Å². The highest BCUT2D eigenvalue weighted by Crippen LogP contribution is 2.31. The maximum absolute atomic E-state index is 12.2. The van der Waals surface area contributed by atoms with Gasteiger partial charge in [-0.3, -0.25) is 0 Å². The minimum absolute atomic E-state index is 0.0225. The van der Waals surface area contributed by atoms with Crippen molar-refractivity contribution in [1.82, 2.24) is 29.8 Å². The summed E-state index contributed by atoms with van der Waals surface area (Å²) in [6.45, 7) is 13.4. The number of aromatic carboxylic acids is 1. The van der Waals surface area contributed by atoms with Gasteiger partial charge in [-0.2, -0.15) is 4.68 Å². The van der Waals surface area contributed by atoms with Crippen LogP contribution in [0.1, 0.15) is 54.8 Å². The molecule has 11 heteroatoms. The lowest BCUT2D eigenvalue weighted by atomic mass is 9.98. The first kappa shape index (κ1) is 30.3. The molecule has 10 nitrogen and oxygen atoms in total. The van der Waals surface area contributed by atoms with Crippen molar-refractivity contribution in [3.05, 3.63) is 71.3 Å². The molecule has 0 amide bonds. The van der Waals surface area contributed by atoms with Crippen LogP contribution in [0.25, 0.3) is 22.5 Å². The van der Waals surface area contributed by atoms with Crippen molar-refractivity contribution in [2.45, 2.75) is 78.2 Å². The monoisotopic (exact) mass is 576 g/mol. The Morgan fingerprint density at radius 3 is 2.34 bits per heavy atom. The molecule has 0 unspecified atom stereocenters. The second-order valence-corrected chi connectivity index (χ2v) is 17.6. The zero-order valence-corrected chi connectivity index (χ0v) is 25.8. The van der Waals surface area contributed by atoms with Crippen LogP contribution in [0.15, 0.2) is 48.5 Å². The van der Waals surface area contributed by atoms with Crippen molar-refractivity contribution in [3.8, 4) is 22.5 Å². The van der Waals surface area contributed by atoms with Gasteiger partial charge in [0, 0.05) is 33.2 Å². The molecule has 4 aromatic rings. The summed E-state index contributed by atoms with van der Waals surface area (Å²) in [4.78, 5) is 16.8. The zero-order valence-electron chi connectivity index (χ0n) is 24.8. The lowest BCUT2D eigenvalue weighted by Crippen LogP contribution is -2.22. The fourth-order valence-electron chi connectivity index (χ4n) is 4.64. The van der Waals surface area contributed by atoms with Crippen LogP contribution in [0.3, 0.4) is 0 Å². The molecule has 0 saturated heterocycles. The van der Waals surface area contributed by atoms with Crippen molar-refractivity contribution in [2.24, 2.45) is 0 Å². The van der Waals surface area contributed by atoms with Gasteiger partial charge < -0.3 is 19.5 Å². The average Bonchev–Trinajstić information content (AvgIpc) is 3.52. The fourth-order valence-corrected chi connectivity index (χ4v) is 5.40. The van der Waals surface area contributed by atoms with Gasteiger partial charge in [-0.15, -0.1) is 5.10 Å². The SMILES string of the molecule is CCCc1nc(C(C)(C)O)c(C(=O)O)n1Cc1ccc(-c2ccccc2-c2nnnn2COCC[Si](C)(C)C)cc1. The number of carboxylic acids is 1. The summed E-state index contributed by atoms with van der Waals surface area (Å²) in [5, 5.41) is 33.0. The molecule has 0 spiro atoms. The lowest BCUT2D eigenvalue weighted by Gasteiger charge is -2.16. The lowest BCUT2D eigenvalue weighted by molar-refractivity contribution is 0.0602. The number of carboxylic acid groups (broad SMARTS) is 1. The number of imidazole rings is 1. The van der Waals surface area contributed by atoms with Crippen molar-refractivity contribution in [1.29, 1.82) is 0 Å². The van der Waals surface area contributed by atoms with Crippen LogP contribution in [0.4, 0.5) is 0 Å². The van der Waals surface area contributed by atoms with Gasteiger partial charge >= 0.3 is 5.97 Å². The Morgan fingerprint density at radius 1 is 1.05 bits per heavy atom. The normalized spacial score (nSPS) is 12.2. The highest BCUT2D eigenvalue weighted by Gasteiger charge is 2.31. The van der Waals surface area contributed by atoms with Crippen LogP contribution < -0.4 is 0 Å². The summed E-state index contributed by atoms with van der Waals surface area (Å²) < 4.78 is 9.29. The van der Waals surface area contributed by atoms with E-state index in [4.69, 9.17) is 4.74 Å². The van der Waals surface area contributed by atoms with E-state index < -0.39 is 19.6 Å². The van der Waals surface area contributed by atoms with Gasteiger partial charge in [-0.25, -0.2) is 9.78 Å². The van der Waals surface area contributed by atoms with Gasteiger partial charge in [0.25, 0.3) is 0 Å². The molecule has 0 bridgehead atoms. The van der Waals surface area contributed by atoms with Crippen LogP contribution >= 0.6 is 0 Å². The Bertz CT molecular complexity index is 1480. The number of carbonyl (C=O) groups is 1. The third-order valence-corrected chi connectivity index (χ3v) is 8.52. The van der Waals surface area contributed by atoms with Crippen molar-refractivity contribution >= 4 is 14.0 Å².